The van der Waals surface area contributed by atoms with Gasteiger partial charge in [0.05, 0.1) is 12.2 Å². The van der Waals surface area contributed by atoms with Crippen molar-refractivity contribution in [3.05, 3.63) is 0 Å². The summed E-state index contributed by atoms with van der Waals surface area (Å²) in [5.74, 6) is 1.45. The molecule has 0 heterocycles. The maximum atomic E-state index is 9.54. The highest BCUT2D eigenvalue weighted by Crippen LogP contribution is 2.31. The summed E-state index contributed by atoms with van der Waals surface area (Å²) >= 11 is 0. The topological polar surface area (TPSA) is 29.5 Å². The van der Waals surface area contributed by atoms with Crippen molar-refractivity contribution in [3.8, 4) is 0 Å². The van der Waals surface area contributed by atoms with Gasteiger partial charge in [0, 0.05) is 7.11 Å². The van der Waals surface area contributed by atoms with Crippen molar-refractivity contribution in [1.82, 2.24) is 0 Å². The Bertz CT molecular complexity index is 134. The van der Waals surface area contributed by atoms with Crippen molar-refractivity contribution in [2.75, 3.05) is 7.11 Å². The second kappa shape index (κ2) is 4.24. The van der Waals surface area contributed by atoms with E-state index < -0.39 is 0 Å². The van der Waals surface area contributed by atoms with Crippen LogP contribution < -0.4 is 0 Å². The van der Waals surface area contributed by atoms with Gasteiger partial charge in [-0.05, 0) is 31.1 Å². The molecule has 0 radical (unpaired) electrons. The zero-order valence-electron chi connectivity index (χ0n) is 8.29. The van der Waals surface area contributed by atoms with E-state index in [9.17, 15) is 5.11 Å². The van der Waals surface area contributed by atoms with E-state index in [1.807, 2.05) is 0 Å². The van der Waals surface area contributed by atoms with Crippen LogP contribution in [0.3, 0.4) is 0 Å². The van der Waals surface area contributed by atoms with Gasteiger partial charge in [0.1, 0.15) is 0 Å². The standard InChI is InChI=1S/C10H20O2/c1-7(2)8-4-5-9(11)10(6-8)12-3/h7-11H,4-6H2,1-3H3. The zero-order valence-corrected chi connectivity index (χ0v) is 8.29. The Morgan fingerprint density at radius 3 is 2.50 bits per heavy atom. The number of aliphatic hydroxyl groups is 1. The second-order valence-electron chi connectivity index (χ2n) is 4.16. The number of hydrogen-bond acceptors (Lipinski definition) is 2. The highest BCUT2D eigenvalue weighted by atomic mass is 16.5. The minimum atomic E-state index is -0.231. The van der Waals surface area contributed by atoms with E-state index in [-0.39, 0.29) is 12.2 Å². The fraction of sp³-hybridized carbons (Fsp3) is 1.00. The van der Waals surface area contributed by atoms with Crippen molar-refractivity contribution in [2.45, 2.75) is 45.3 Å². The van der Waals surface area contributed by atoms with Crippen LogP contribution in [0.5, 0.6) is 0 Å². The monoisotopic (exact) mass is 172 g/mol. The lowest BCUT2D eigenvalue weighted by Crippen LogP contribution is -2.36. The van der Waals surface area contributed by atoms with Gasteiger partial charge < -0.3 is 9.84 Å². The van der Waals surface area contributed by atoms with E-state index in [1.165, 1.54) is 0 Å². The van der Waals surface area contributed by atoms with Gasteiger partial charge in [-0.25, -0.2) is 0 Å². The van der Waals surface area contributed by atoms with E-state index in [4.69, 9.17) is 4.74 Å². The molecule has 3 atom stereocenters. The first-order valence-electron chi connectivity index (χ1n) is 4.86. The third-order valence-electron chi connectivity index (χ3n) is 3.04. The summed E-state index contributed by atoms with van der Waals surface area (Å²) in [6.07, 6.45) is 2.92. The number of hydrogen-bond donors (Lipinski definition) is 1. The average Bonchev–Trinajstić information content (AvgIpc) is 2.05. The highest BCUT2D eigenvalue weighted by Gasteiger charge is 2.30. The Hall–Kier alpha value is -0.0800. The van der Waals surface area contributed by atoms with E-state index in [1.54, 1.807) is 7.11 Å². The molecule has 72 valence electrons. The minimum Gasteiger partial charge on any atom is -0.390 e. The van der Waals surface area contributed by atoms with Crippen LogP contribution in [-0.4, -0.2) is 24.4 Å². The molecule has 0 saturated heterocycles. The van der Waals surface area contributed by atoms with Gasteiger partial charge in [-0.1, -0.05) is 13.8 Å². The molecule has 0 aliphatic heterocycles. The molecule has 1 fully saturated rings. The molecule has 0 spiro atoms. The van der Waals surface area contributed by atoms with Crippen LogP contribution in [-0.2, 0) is 4.74 Å². The van der Waals surface area contributed by atoms with Crippen molar-refractivity contribution in [3.63, 3.8) is 0 Å². The van der Waals surface area contributed by atoms with Crippen LogP contribution in [0.4, 0.5) is 0 Å². The predicted octanol–water partition coefficient (Wildman–Crippen LogP) is 1.82. The van der Waals surface area contributed by atoms with E-state index in [0.29, 0.717) is 0 Å². The first-order chi connectivity index (χ1) is 5.65. The summed E-state index contributed by atoms with van der Waals surface area (Å²) in [6.45, 7) is 4.49. The SMILES string of the molecule is COC1CC(C(C)C)CCC1O. The number of ether oxygens (including phenoxy) is 1. The molecule has 1 aliphatic carbocycles. The van der Waals surface area contributed by atoms with E-state index >= 15 is 0 Å². The van der Waals surface area contributed by atoms with Crippen molar-refractivity contribution in [2.24, 2.45) is 11.8 Å². The smallest absolute Gasteiger partial charge is 0.0832 e. The summed E-state index contributed by atoms with van der Waals surface area (Å²) in [5.41, 5.74) is 0. The fourth-order valence-electron chi connectivity index (χ4n) is 2.00. The van der Waals surface area contributed by atoms with Gasteiger partial charge in [-0.15, -0.1) is 0 Å². The molecule has 1 rings (SSSR count). The van der Waals surface area contributed by atoms with Crippen LogP contribution >= 0.6 is 0 Å². The molecular weight excluding hydrogens is 152 g/mol. The van der Waals surface area contributed by atoms with E-state index in [0.717, 1.165) is 31.1 Å². The lowest BCUT2D eigenvalue weighted by Gasteiger charge is -2.34. The molecule has 0 aromatic heterocycles. The van der Waals surface area contributed by atoms with Gasteiger partial charge in [0.25, 0.3) is 0 Å². The predicted molar refractivity (Wildman–Crippen MR) is 49.0 cm³/mol. The minimum absolute atomic E-state index is 0.0751. The molecular formula is C10H20O2. The summed E-state index contributed by atoms with van der Waals surface area (Å²) in [4.78, 5) is 0. The number of aliphatic hydroxyl groups excluding tert-OH is 1. The summed E-state index contributed by atoms with van der Waals surface area (Å²) in [5, 5.41) is 9.54. The van der Waals surface area contributed by atoms with Gasteiger partial charge in [0.15, 0.2) is 0 Å². The lowest BCUT2D eigenvalue weighted by atomic mass is 9.79. The first kappa shape index (κ1) is 10.0. The first-order valence-corrected chi connectivity index (χ1v) is 4.86. The molecule has 1 saturated carbocycles. The molecule has 1 aliphatic rings. The molecule has 2 nitrogen and oxygen atoms in total. The normalized spacial score (nSPS) is 37.2. The highest BCUT2D eigenvalue weighted by molar-refractivity contribution is 4.81. The largest absolute Gasteiger partial charge is 0.390 e. The number of rotatable bonds is 2. The summed E-state index contributed by atoms with van der Waals surface area (Å²) < 4.78 is 5.23. The summed E-state index contributed by atoms with van der Waals surface area (Å²) in [7, 11) is 1.69. The Morgan fingerprint density at radius 2 is 2.00 bits per heavy atom. The van der Waals surface area contributed by atoms with Gasteiger partial charge in [-0.3, -0.25) is 0 Å². The fourth-order valence-corrected chi connectivity index (χ4v) is 2.00. The van der Waals surface area contributed by atoms with Crippen molar-refractivity contribution in [1.29, 1.82) is 0 Å². The average molecular weight is 172 g/mol. The molecule has 12 heavy (non-hydrogen) atoms. The molecule has 0 aromatic rings. The Labute approximate surface area is 74.9 Å². The molecule has 0 bridgehead atoms. The third-order valence-corrected chi connectivity index (χ3v) is 3.04. The van der Waals surface area contributed by atoms with Crippen LogP contribution in [0.2, 0.25) is 0 Å². The van der Waals surface area contributed by atoms with Gasteiger partial charge >= 0.3 is 0 Å². The summed E-state index contributed by atoms with van der Waals surface area (Å²) in [6, 6.07) is 0. The third kappa shape index (κ3) is 2.20. The Balaban J connectivity index is 2.44. The Morgan fingerprint density at radius 1 is 1.33 bits per heavy atom. The quantitative estimate of drug-likeness (QED) is 0.688. The van der Waals surface area contributed by atoms with Gasteiger partial charge in [-0.2, -0.15) is 0 Å². The van der Waals surface area contributed by atoms with Gasteiger partial charge in [0.2, 0.25) is 0 Å². The number of methoxy groups -OCH3 is 1. The van der Waals surface area contributed by atoms with Crippen molar-refractivity contribution >= 4 is 0 Å². The van der Waals surface area contributed by atoms with Crippen LogP contribution in [0.1, 0.15) is 33.1 Å². The molecule has 0 amide bonds. The second-order valence-corrected chi connectivity index (χ2v) is 4.16. The van der Waals surface area contributed by atoms with Crippen LogP contribution in [0, 0.1) is 11.8 Å². The van der Waals surface area contributed by atoms with Crippen LogP contribution in [0.25, 0.3) is 0 Å². The molecule has 1 N–H and O–H groups in total. The maximum absolute atomic E-state index is 9.54. The Kier molecular flexibility index (Phi) is 3.53. The van der Waals surface area contributed by atoms with Crippen molar-refractivity contribution < 1.29 is 9.84 Å². The van der Waals surface area contributed by atoms with Crippen LogP contribution in [0.15, 0.2) is 0 Å². The van der Waals surface area contributed by atoms with E-state index in [2.05, 4.69) is 13.8 Å². The molecule has 2 heteroatoms. The molecule has 0 aromatic carbocycles. The molecule has 3 unspecified atom stereocenters. The maximum Gasteiger partial charge on any atom is 0.0832 e. The lowest BCUT2D eigenvalue weighted by molar-refractivity contribution is -0.0560. The zero-order chi connectivity index (χ0) is 9.14.